The number of amides is 2. The van der Waals surface area contributed by atoms with Crippen LogP contribution < -0.4 is 10.9 Å². The summed E-state index contributed by atoms with van der Waals surface area (Å²) < 4.78 is 5.03. The minimum atomic E-state index is -0.291. The highest BCUT2D eigenvalue weighted by molar-refractivity contribution is 5.94. The van der Waals surface area contributed by atoms with E-state index < -0.39 is 0 Å². The van der Waals surface area contributed by atoms with E-state index in [0.717, 1.165) is 0 Å². The number of nitrogens with one attached hydrogen (secondary N) is 2. The third kappa shape index (κ3) is 3.25. The quantitative estimate of drug-likeness (QED) is 0.540. The number of carbonyl (C=O) groups is 2. The van der Waals surface area contributed by atoms with Crippen LogP contribution in [0.5, 0.6) is 0 Å². The molecular formula is C8H12N2O3. The molecule has 5 nitrogen and oxygen atoms in total. The van der Waals surface area contributed by atoms with Gasteiger partial charge in [-0.3, -0.25) is 20.4 Å². The minimum absolute atomic E-state index is 0.265. The summed E-state index contributed by atoms with van der Waals surface area (Å²) in [7, 11) is 0. The monoisotopic (exact) mass is 184 g/mol. The van der Waals surface area contributed by atoms with Crippen LogP contribution >= 0.6 is 0 Å². The Morgan fingerprint density at radius 3 is 2.77 bits per heavy atom. The van der Waals surface area contributed by atoms with E-state index in [4.69, 9.17) is 4.74 Å². The van der Waals surface area contributed by atoms with Crippen LogP contribution in [-0.4, -0.2) is 25.0 Å². The minimum Gasteiger partial charge on any atom is -0.377 e. The normalized spacial score (nSPS) is 15.9. The predicted molar refractivity (Wildman–Crippen MR) is 45.5 cm³/mol. The molecular weight excluding hydrogens is 172 g/mol. The van der Waals surface area contributed by atoms with Crippen LogP contribution in [0.3, 0.4) is 0 Å². The van der Waals surface area contributed by atoms with Gasteiger partial charge in [0.2, 0.25) is 5.91 Å². The Bertz CT molecular complexity index is 248. The Balaban J connectivity index is 2.38. The second-order valence-electron chi connectivity index (χ2n) is 2.69. The molecule has 0 aliphatic carbocycles. The first kappa shape index (κ1) is 9.73. The molecule has 0 spiro atoms. The summed E-state index contributed by atoms with van der Waals surface area (Å²) in [5, 5.41) is 0. The fraction of sp³-hybridized carbons (Fsp3) is 0.500. The van der Waals surface area contributed by atoms with E-state index in [-0.39, 0.29) is 11.8 Å². The van der Waals surface area contributed by atoms with Crippen molar-refractivity contribution in [1.29, 1.82) is 0 Å². The molecule has 1 aliphatic rings. The fourth-order valence-electron chi connectivity index (χ4n) is 0.958. The van der Waals surface area contributed by atoms with Gasteiger partial charge in [-0.05, 0) is 0 Å². The number of rotatable bonds is 1. The van der Waals surface area contributed by atoms with Gasteiger partial charge in [-0.2, -0.15) is 0 Å². The molecule has 1 rings (SSSR count). The number of ether oxygens (including phenoxy) is 1. The summed E-state index contributed by atoms with van der Waals surface area (Å²) in [6.07, 6.45) is 2.30. The Hall–Kier alpha value is -1.36. The molecule has 0 atom stereocenters. The van der Waals surface area contributed by atoms with Crippen LogP contribution in [0.25, 0.3) is 0 Å². The molecule has 1 heterocycles. The van der Waals surface area contributed by atoms with Gasteiger partial charge in [0, 0.05) is 18.9 Å². The van der Waals surface area contributed by atoms with Crippen LogP contribution in [0, 0.1) is 0 Å². The van der Waals surface area contributed by atoms with Crippen LogP contribution in [0.4, 0.5) is 0 Å². The van der Waals surface area contributed by atoms with Crippen molar-refractivity contribution >= 4 is 11.8 Å². The molecule has 5 heteroatoms. The highest BCUT2D eigenvalue weighted by Gasteiger charge is 2.11. The second kappa shape index (κ2) is 4.61. The van der Waals surface area contributed by atoms with Crippen molar-refractivity contribution in [3.05, 3.63) is 11.6 Å². The molecule has 0 aromatic carbocycles. The van der Waals surface area contributed by atoms with Gasteiger partial charge in [0.15, 0.2) is 0 Å². The van der Waals surface area contributed by atoms with Gasteiger partial charge in [0.05, 0.1) is 13.2 Å². The molecule has 72 valence electrons. The third-order valence-corrected chi connectivity index (χ3v) is 1.61. The number of carbonyl (C=O) groups excluding carboxylic acids is 2. The molecule has 0 aromatic rings. The lowest BCUT2D eigenvalue weighted by atomic mass is 10.1. The zero-order valence-corrected chi connectivity index (χ0v) is 7.42. The van der Waals surface area contributed by atoms with Crippen molar-refractivity contribution in [2.45, 2.75) is 13.3 Å². The Morgan fingerprint density at radius 2 is 2.23 bits per heavy atom. The van der Waals surface area contributed by atoms with Gasteiger partial charge in [0.1, 0.15) is 0 Å². The van der Waals surface area contributed by atoms with E-state index in [1.165, 1.54) is 6.92 Å². The van der Waals surface area contributed by atoms with Gasteiger partial charge >= 0.3 is 0 Å². The summed E-state index contributed by atoms with van der Waals surface area (Å²) in [5.41, 5.74) is 5.16. The van der Waals surface area contributed by atoms with E-state index >= 15 is 0 Å². The van der Waals surface area contributed by atoms with E-state index in [1.54, 1.807) is 6.08 Å². The summed E-state index contributed by atoms with van der Waals surface area (Å²) in [5.74, 6) is -0.556. The van der Waals surface area contributed by atoms with Crippen molar-refractivity contribution in [2.24, 2.45) is 0 Å². The van der Waals surface area contributed by atoms with Gasteiger partial charge in [-0.25, -0.2) is 0 Å². The smallest absolute Gasteiger partial charge is 0.265 e. The summed E-state index contributed by atoms with van der Waals surface area (Å²) >= 11 is 0. The zero-order valence-electron chi connectivity index (χ0n) is 7.42. The fourth-order valence-corrected chi connectivity index (χ4v) is 0.958. The third-order valence-electron chi connectivity index (χ3n) is 1.61. The van der Waals surface area contributed by atoms with Crippen molar-refractivity contribution in [3.8, 4) is 0 Å². The number of hydrogen-bond acceptors (Lipinski definition) is 3. The van der Waals surface area contributed by atoms with Crippen molar-refractivity contribution in [2.75, 3.05) is 13.2 Å². The second-order valence-corrected chi connectivity index (χ2v) is 2.69. The average Bonchev–Trinajstić information content (AvgIpc) is 2.15. The van der Waals surface area contributed by atoms with Gasteiger partial charge in [-0.1, -0.05) is 6.08 Å². The highest BCUT2D eigenvalue weighted by atomic mass is 16.5. The highest BCUT2D eigenvalue weighted by Crippen LogP contribution is 2.06. The lowest BCUT2D eigenvalue weighted by Crippen LogP contribution is -2.41. The van der Waals surface area contributed by atoms with E-state index in [0.29, 0.717) is 25.2 Å². The number of hydrazine groups is 1. The van der Waals surface area contributed by atoms with E-state index in [1.807, 2.05) is 0 Å². The van der Waals surface area contributed by atoms with Gasteiger partial charge < -0.3 is 4.74 Å². The average molecular weight is 184 g/mol. The molecule has 2 N–H and O–H groups in total. The molecule has 0 saturated heterocycles. The molecule has 0 bridgehead atoms. The SMILES string of the molecule is CC(=O)NNC(=O)C1=CCOCC1. The van der Waals surface area contributed by atoms with Crippen molar-refractivity contribution < 1.29 is 14.3 Å². The predicted octanol–water partition coefficient (Wildman–Crippen LogP) is -0.500. The van der Waals surface area contributed by atoms with Gasteiger partial charge in [0.25, 0.3) is 5.91 Å². The van der Waals surface area contributed by atoms with Crippen molar-refractivity contribution in [1.82, 2.24) is 10.9 Å². The molecule has 0 fully saturated rings. The summed E-state index contributed by atoms with van der Waals surface area (Å²) in [6.45, 7) is 2.35. The first-order valence-corrected chi connectivity index (χ1v) is 4.04. The Kier molecular flexibility index (Phi) is 3.45. The molecule has 13 heavy (non-hydrogen) atoms. The van der Waals surface area contributed by atoms with E-state index in [2.05, 4.69) is 10.9 Å². The van der Waals surface area contributed by atoms with Crippen LogP contribution in [0.15, 0.2) is 11.6 Å². The van der Waals surface area contributed by atoms with Crippen LogP contribution in [-0.2, 0) is 14.3 Å². The molecule has 0 unspecified atom stereocenters. The molecule has 1 aliphatic heterocycles. The first-order chi connectivity index (χ1) is 6.20. The number of hydrogen-bond donors (Lipinski definition) is 2. The molecule has 2 amide bonds. The zero-order chi connectivity index (χ0) is 9.68. The van der Waals surface area contributed by atoms with Gasteiger partial charge in [-0.15, -0.1) is 0 Å². The maximum Gasteiger partial charge on any atom is 0.265 e. The van der Waals surface area contributed by atoms with Crippen LogP contribution in [0.2, 0.25) is 0 Å². The molecule has 0 saturated carbocycles. The summed E-state index contributed by atoms with van der Waals surface area (Å²) in [6, 6.07) is 0. The maximum atomic E-state index is 11.3. The van der Waals surface area contributed by atoms with E-state index in [9.17, 15) is 9.59 Å². The van der Waals surface area contributed by atoms with Crippen LogP contribution in [0.1, 0.15) is 13.3 Å². The topological polar surface area (TPSA) is 67.4 Å². The molecule has 0 radical (unpaired) electrons. The lowest BCUT2D eigenvalue weighted by molar-refractivity contribution is -0.126. The standard InChI is InChI=1S/C8H12N2O3/c1-6(11)9-10-8(12)7-2-4-13-5-3-7/h2H,3-5H2,1H3,(H,9,11)(H,10,12). The maximum absolute atomic E-state index is 11.3. The van der Waals surface area contributed by atoms with Crippen molar-refractivity contribution in [3.63, 3.8) is 0 Å². The lowest BCUT2D eigenvalue weighted by Gasteiger charge is -2.13. The largest absolute Gasteiger partial charge is 0.377 e. The summed E-state index contributed by atoms with van der Waals surface area (Å²) in [4.78, 5) is 21.7. The Morgan fingerprint density at radius 1 is 1.46 bits per heavy atom. The Labute approximate surface area is 76.1 Å². The molecule has 0 aromatic heterocycles. The first-order valence-electron chi connectivity index (χ1n) is 4.04.